The smallest absolute Gasteiger partial charge is 0.437 e. The zero-order valence-electron chi connectivity index (χ0n) is 10.2. The van der Waals surface area contributed by atoms with E-state index in [-0.39, 0.29) is 12.3 Å². The normalized spacial score (nSPS) is 17.0. The molecule has 2 rings (SSSR count). The highest BCUT2D eigenvalue weighted by atomic mass is 19.4. The number of carboxylic acid groups (broad SMARTS) is 1. The van der Waals surface area contributed by atoms with Crippen LogP contribution in [0.1, 0.15) is 54.2 Å². The molecule has 1 saturated carbocycles. The molecule has 7 heteroatoms. The van der Waals surface area contributed by atoms with Gasteiger partial charge in [0, 0.05) is 6.42 Å². The molecule has 1 N–H and O–H groups in total. The quantitative estimate of drug-likeness (QED) is 0.914. The predicted octanol–water partition coefficient (Wildman–Crippen LogP) is 3.51. The molecule has 0 aromatic carbocycles. The van der Waals surface area contributed by atoms with E-state index in [9.17, 15) is 18.0 Å². The lowest BCUT2D eigenvalue weighted by molar-refractivity contribution is -0.141. The summed E-state index contributed by atoms with van der Waals surface area (Å²) in [6, 6.07) is 0. The number of halogens is 3. The van der Waals surface area contributed by atoms with Crippen molar-refractivity contribution in [2.45, 2.75) is 44.7 Å². The van der Waals surface area contributed by atoms with Gasteiger partial charge in [0.25, 0.3) is 0 Å². The van der Waals surface area contributed by atoms with Crippen LogP contribution in [0.5, 0.6) is 0 Å². The number of aromatic nitrogens is 1. The van der Waals surface area contributed by atoms with Crippen molar-refractivity contribution in [2.24, 2.45) is 5.92 Å². The van der Waals surface area contributed by atoms with Crippen LogP contribution in [0.2, 0.25) is 0 Å². The van der Waals surface area contributed by atoms with Gasteiger partial charge in [-0.1, -0.05) is 25.7 Å². The third kappa shape index (κ3) is 3.27. The summed E-state index contributed by atoms with van der Waals surface area (Å²) in [5.41, 5.74) is -1.44. The van der Waals surface area contributed by atoms with E-state index in [1.807, 2.05) is 0 Å². The molecular weight excluding hydrogens is 263 g/mol. The van der Waals surface area contributed by atoms with Gasteiger partial charge in [0.2, 0.25) is 5.76 Å². The maximum Gasteiger partial charge on any atom is 0.437 e. The largest absolute Gasteiger partial charge is 0.475 e. The number of aryl methyl sites for hydroxylation is 1. The van der Waals surface area contributed by atoms with Crippen molar-refractivity contribution < 1.29 is 27.5 Å². The first-order chi connectivity index (χ1) is 8.88. The summed E-state index contributed by atoms with van der Waals surface area (Å²) < 4.78 is 42.5. The average Bonchev–Trinajstić information content (AvgIpc) is 2.94. The molecule has 106 valence electrons. The van der Waals surface area contributed by atoms with E-state index in [0.717, 1.165) is 25.7 Å². The van der Waals surface area contributed by atoms with Crippen LogP contribution >= 0.6 is 0 Å². The van der Waals surface area contributed by atoms with E-state index in [4.69, 9.17) is 9.52 Å². The zero-order chi connectivity index (χ0) is 14.0. The molecule has 1 heterocycles. The second-order valence-corrected chi connectivity index (χ2v) is 4.78. The fourth-order valence-electron chi connectivity index (χ4n) is 2.44. The van der Waals surface area contributed by atoms with Crippen LogP contribution in [0, 0.1) is 5.92 Å². The fraction of sp³-hybridized carbons (Fsp3) is 0.667. The fourth-order valence-corrected chi connectivity index (χ4v) is 2.44. The Balaban J connectivity index is 2.11. The van der Waals surface area contributed by atoms with Crippen LogP contribution in [0.3, 0.4) is 0 Å². The molecular formula is C12H14F3NO3. The Labute approximate surface area is 107 Å². The first-order valence-corrected chi connectivity index (χ1v) is 6.18. The summed E-state index contributed by atoms with van der Waals surface area (Å²) in [6.45, 7) is 0. The molecule has 0 amide bonds. The molecule has 1 aromatic heterocycles. The molecule has 19 heavy (non-hydrogen) atoms. The number of alkyl halides is 3. The molecule has 4 nitrogen and oxygen atoms in total. The van der Waals surface area contributed by atoms with Gasteiger partial charge in [0.15, 0.2) is 11.6 Å². The van der Waals surface area contributed by atoms with Crippen molar-refractivity contribution in [1.82, 2.24) is 4.98 Å². The highest BCUT2D eigenvalue weighted by Crippen LogP contribution is 2.33. The Morgan fingerprint density at radius 2 is 2.00 bits per heavy atom. The molecule has 0 spiro atoms. The topological polar surface area (TPSA) is 63.3 Å². The molecule has 0 aliphatic heterocycles. The van der Waals surface area contributed by atoms with Gasteiger partial charge in [0.1, 0.15) is 0 Å². The SMILES string of the molecule is O=C(O)c1oc(CCC2CCCC2)nc1C(F)(F)F. The third-order valence-electron chi connectivity index (χ3n) is 3.38. The van der Waals surface area contributed by atoms with Gasteiger partial charge in [-0.15, -0.1) is 0 Å². The number of carbonyl (C=O) groups is 1. The van der Waals surface area contributed by atoms with Crippen molar-refractivity contribution in [3.8, 4) is 0 Å². The summed E-state index contributed by atoms with van der Waals surface area (Å²) >= 11 is 0. The summed E-state index contributed by atoms with van der Waals surface area (Å²) in [7, 11) is 0. The Morgan fingerprint density at radius 3 is 2.47 bits per heavy atom. The van der Waals surface area contributed by atoms with Crippen molar-refractivity contribution in [2.75, 3.05) is 0 Å². The van der Waals surface area contributed by atoms with Gasteiger partial charge < -0.3 is 9.52 Å². The van der Waals surface area contributed by atoms with Crippen molar-refractivity contribution in [3.05, 3.63) is 17.3 Å². The number of rotatable bonds is 4. The number of oxazole rings is 1. The summed E-state index contributed by atoms with van der Waals surface area (Å²) in [4.78, 5) is 14.0. The molecule has 0 radical (unpaired) electrons. The standard InChI is InChI=1S/C12H14F3NO3/c13-12(14,15)10-9(11(17)18)19-8(16-10)6-5-7-3-1-2-4-7/h7H,1-6H2,(H,17,18). The molecule has 1 aromatic rings. The lowest BCUT2D eigenvalue weighted by Gasteiger charge is -2.05. The van der Waals surface area contributed by atoms with Crippen LogP contribution in [-0.2, 0) is 12.6 Å². The first-order valence-electron chi connectivity index (χ1n) is 6.18. The first kappa shape index (κ1) is 13.9. The van der Waals surface area contributed by atoms with Crippen molar-refractivity contribution in [1.29, 1.82) is 0 Å². The van der Waals surface area contributed by atoms with E-state index >= 15 is 0 Å². The monoisotopic (exact) mass is 277 g/mol. The Morgan fingerprint density at radius 1 is 1.37 bits per heavy atom. The lowest BCUT2D eigenvalue weighted by Crippen LogP contribution is -2.11. The highest BCUT2D eigenvalue weighted by Gasteiger charge is 2.41. The van der Waals surface area contributed by atoms with Crippen molar-refractivity contribution >= 4 is 5.97 Å². The number of aromatic carboxylic acids is 1. The third-order valence-corrected chi connectivity index (χ3v) is 3.38. The predicted molar refractivity (Wildman–Crippen MR) is 58.7 cm³/mol. The minimum Gasteiger partial charge on any atom is -0.475 e. The van der Waals surface area contributed by atoms with Gasteiger partial charge in [0.05, 0.1) is 0 Å². The molecule has 1 fully saturated rings. The number of carboxylic acids is 1. The van der Waals surface area contributed by atoms with Gasteiger partial charge in [-0.25, -0.2) is 9.78 Å². The Kier molecular flexibility index (Phi) is 3.82. The molecule has 0 unspecified atom stereocenters. The van der Waals surface area contributed by atoms with E-state index in [2.05, 4.69) is 4.98 Å². The maximum atomic E-state index is 12.6. The molecule has 1 aliphatic rings. The summed E-state index contributed by atoms with van der Waals surface area (Å²) in [6.07, 6.45) is 0.562. The van der Waals surface area contributed by atoms with Crippen LogP contribution < -0.4 is 0 Å². The van der Waals surface area contributed by atoms with Gasteiger partial charge in [-0.2, -0.15) is 13.2 Å². The highest BCUT2D eigenvalue weighted by molar-refractivity contribution is 5.85. The maximum absolute atomic E-state index is 12.6. The van der Waals surface area contributed by atoms with Crippen LogP contribution in [0.4, 0.5) is 13.2 Å². The number of hydrogen-bond acceptors (Lipinski definition) is 3. The number of nitrogens with zero attached hydrogens (tertiary/aromatic N) is 1. The van der Waals surface area contributed by atoms with E-state index in [0.29, 0.717) is 12.3 Å². The molecule has 0 atom stereocenters. The number of hydrogen-bond donors (Lipinski definition) is 1. The minimum absolute atomic E-state index is 0.142. The average molecular weight is 277 g/mol. The van der Waals surface area contributed by atoms with Crippen LogP contribution in [0.15, 0.2) is 4.42 Å². The van der Waals surface area contributed by atoms with Gasteiger partial charge in [-0.05, 0) is 12.3 Å². The lowest BCUT2D eigenvalue weighted by atomic mass is 10.0. The molecule has 0 saturated heterocycles. The second-order valence-electron chi connectivity index (χ2n) is 4.78. The van der Waals surface area contributed by atoms with E-state index in [1.165, 1.54) is 0 Å². The van der Waals surface area contributed by atoms with Gasteiger partial charge >= 0.3 is 12.1 Å². The van der Waals surface area contributed by atoms with Crippen LogP contribution in [0.25, 0.3) is 0 Å². The summed E-state index contributed by atoms with van der Waals surface area (Å²) in [5, 5.41) is 8.69. The van der Waals surface area contributed by atoms with Crippen molar-refractivity contribution in [3.63, 3.8) is 0 Å². The molecule has 0 bridgehead atoms. The second kappa shape index (κ2) is 5.22. The molecule has 1 aliphatic carbocycles. The Hall–Kier alpha value is -1.53. The van der Waals surface area contributed by atoms with E-state index in [1.54, 1.807) is 0 Å². The zero-order valence-corrected chi connectivity index (χ0v) is 10.2. The Bertz CT molecular complexity index is 461. The van der Waals surface area contributed by atoms with Crippen LogP contribution in [-0.4, -0.2) is 16.1 Å². The minimum atomic E-state index is -4.80. The van der Waals surface area contributed by atoms with Gasteiger partial charge in [-0.3, -0.25) is 0 Å². The van der Waals surface area contributed by atoms with E-state index < -0.39 is 23.6 Å². The summed E-state index contributed by atoms with van der Waals surface area (Å²) in [5.74, 6) is -2.52.